The molecule has 0 aliphatic rings. The molecule has 22 heavy (non-hydrogen) atoms. The molecule has 1 atom stereocenters. The van der Waals surface area contributed by atoms with Crippen molar-refractivity contribution < 1.29 is 14.3 Å². The second-order valence-electron chi connectivity index (χ2n) is 5.26. The Balaban J connectivity index is 0. The lowest BCUT2D eigenvalue weighted by atomic mass is 9.94. The Hall–Kier alpha value is -0.400. The molecule has 130 valence electrons. The van der Waals surface area contributed by atoms with Gasteiger partial charge in [0.05, 0.1) is 12.3 Å². The Morgan fingerprint density at radius 1 is 1.36 bits per heavy atom. The second-order valence-corrected chi connectivity index (χ2v) is 6.20. The molecule has 0 fully saturated rings. The molecule has 1 rings (SSSR count). The number of nitrogens with zero attached hydrogens (tertiary/aromatic N) is 1. The Morgan fingerprint density at radius 2 is 2.05 bits per heavy atom. The van der Waals surface area contributed by atoms with E-state index >= 15 is 0 Å². The van der Waals surface area contributed by atoms with Gasteiger partial charge in [-0.1, -0.05) is 13.8 Å². The Morgan fingerprint density at radius 3 is 2.59 bits per heavy atom. The molecule has 0 radical (unpaired) electrons. The van der Waals surface area contributed by atoms with E-state index in [9.17, 15) is 4.79 Å². The van der Waals surface area contributed by atoms with Crippen LogP contribution in [0.3, 0.4) is 0 Å². The lowest BCUT2D eigenvalue weighted by Gasteiger charge is -2.15. The first-order chi connectivity index (χ1) is 9.55. The van der Waals surface area contributed by atoms with Gasteiger partial charge in [0.2, 0.25) is 0 Å². The maximum absolute atomic E-state index is 11.8. The minimum atomic E-state index is -0.206. The van der Waals surface area contributed by atoms with Crippen LogP contribution in [0.1, 0.15) is 37.4 Å². The van der Waals surface area contributed by atoms with Gasteiger partial charge in [-0.3, -0.25) is 4.79 Å². The quantitative estimate of drug-likeness (QED) is 0.673. The summed E-state index contributed by atoms with van der Waals surface area (Å²) in [6.07, 6.45) is 1.32. The molecule has 0 unspecified atom stereocenters. The molecular weight excluding hydrogens is 347 g/mol. The van der Waals surface area contributed by atoms with Crippen molar-refractivity contribution >= 4 is 42.1 Å². The van der Waals surface area contributed by atoms with Crippen LogP contribution in [-0.2, 0) is 27.5 Å². The molecule has 0 spiro atoms. The predicted molar refractivity (Wildman–Crippen MR) is 93.7 cm³/mol. The van der Waals surface area contributed by atoms with Crippen LogP contribution in [0, 0.1) is 11.8 Å². The van der Waals surface area contributed by atoms with Crippen LogP contribution >= 0.6 is 36.2 Å². The molecule has 0 saturated carbocycles. The van der Waals surface area contributed by atoms with Crippen molar-refractivity contribution in [3.8, 4) is 0 Å². The fourth-order valence-corrected chi connectivity index (χ4v) is 2.73. The number of carbonyl (C=O) groups is 1. The van der Waals surface area contributed by atoms with Crippen molar-refractivity contribution in [1.82, 2.24) is 4.98 Å². The first kappa shape index (κ1) is 23.9. The maximum Gasteiger partial charge on any atom is 0.306 e. The summed E-state index contributed by atoms with van der Waals surface area (Å²) < 4.78 is 10.2. The molecule has 0 aromatic carbocycles. The van der Waals surface area contributed by atoms with E-state index in [0.717, 1.165) is 17.1 Å². The highest BCUT2D eigenvalue weighted by atomic mass is 35.5. The van der Waals surface area contributed by atoms with Crippen LogP contribution in [0.15, 0.2) is 5.38 Å². The number of thiazole rings is 1. The molecule has 8 heteroatoms. The summed E-state index contributed by atoms with van der Waals surface area (Å²) in [6, 6.07) is 0. The van der Waals surface area contributed by atoms with Crippen LogP contribution in [0.2, 0.25) is 0 Å². The van der Waals surface area contributed by atoms with Crippen LogP contribution < -0.4 is 5.73 Å². The molecule has 0 amide bonds. The third kappa shape index (κ3) is 9.58. The van der Waals surface area contributed by atoms with Gasteiger partial charge >= 0.3 is 5.97 Å². The highest BCUT2D eigenvalue weighted by molar-refractivity contribution is 7.09. The maximum atomic E-state index is 11.8. The zero-order valence-electron chi connectivity index (χ0n) is 13.2. The summed E-state index contributed by atoms with van der Waals surface area (Å²) in [7, 11) is 1.63. The Labute approximate surface area is 148 Å². The molecule has 1 aromatic rings. The van der Waals surface area contributed by atoms with Gasteiger partial charge in [0, 0.05) is 18.9 Å². The minimum Gasteiger partial charge on any atom is -0.459 e. The summed E-state index contributed by atoms with van der Waals surface area (Å²) in [5, 5.41) is 2.77. The van der Waals surface area contributed by atoms with Crippen molar-refractivity contribution in [1.29, 1.82) is 0 Å². The van der Waals surface area contributed by atoms with Crippen molar-refractivity contribution in [3.63, 3.8) is 0 Å². The zero-order chi connectivity index (χ0) is 15.0. The first-order valence-electron chi connectivity index (χ1n) is 6.83. The molecule has 1 heterocycles. The van der Waals surface area contributed by atoms with E-state index in [2.05, 4.69) is 18.8 Å². The van der Waals surface area contributed by atoms with Crippen LogP contribution in [-0.4, -0.2) is 24.6 Å². The molecule has 5 nitrogen and oxygen atoms in total. The number of halogens is 2. The average Bonchev–Trinajstić information content (AvgIpc) is 2.83. The van der Waals surface area contributed by atoms with E-state index < -0.39 is 0 Å². The predicted octanol–water partition coefficient (Wildman–Crippen LogP) is 3.19. The number of aromatic nitrogens is 1. The van der Waals surface area contributed by atoms with Gasteiger partial charge in [0.15, 0.2) is 0 Å². The fourth-order valence-electron chi connectivity index (χ4n) is 1.98. The molecule has 0 bridgehead atoms. The van der Waals surface area contributed by atoms with Gasteiger partial charge in [-0.2, -0.15) is 0 Å². The molecular formula is C14H26Cl2N2O3S. The first-order valence-corrected chi connectivity index (χ1v) is 7.71. The molecule has 0 saturated heterocycles. The number of methoxy groups -OCH3 is 1. The third-order valence-corrected chi connectivity index (χ3v) is 3.71. The van der Waals surface area contributed by atoms with Gasteiger partial charge in [0.25, 0.3) is 0 Å². The highest BCUT2D eigenvalue weighted by Gasteiger charge is 2.15. The number of rotatable bonds is 9. The van der Waals surface area contributed by atoms with E-state index in [1.165, 1.54) is 11.3 Å². The van der Waals surface area contributed by atoms with Crippen molar-refractivity contribution in [2.45, 2.75) is 39.9 Å². The lowest BCUT2D eigenvalue weighted by molar-refractivity contribution is -0.146. The number of nitrogens with two attached hydrogens (primary N) is 1. The van der Waals surface area contributed by atoms with Crippen molar-refractivity contribution in [3.05, 3.63) is 16.1 Å². The Bertz CT molecular complexity index is 417. The minimum absolute atomic E-state index is 0. The average molecular weight is 373 g/mol. The fraction of sp³-hybridized carbons (Fsp3) is 0.714. The number of ether oxygens (including phenoxy) is 2. The van der Waals surface area contributed by atoms with Crippen LogP contribution in [0.5, 0.6) is 0 Å². The monoisotopic (exact) mass is 372 g/mol. The van der Waals surface area contributed by atoms with E-state index in [4.69, 9.17) is 15.2 Å². The van der Waals surface area contributed by atoms with E-state index in [1.54, 1.807) is 7.11 Å². The molecule has 2 N–H and O–H groups in total. The molecule has 0 aliphatic heterocycles. The van der Waals surface area contributed by atoms with Crippen LogP contribution in [0.4, 0.5) is 0 Å². The number of carbonyl (C=O) groups excluding carboxylic acids is 1. The summed E-state index contributed by atoms with van der Waals surface area (Å²) in [5.74, 6) is 0.524. The molecule has 0 aliphatic carbocycles. The van der Waals surface area contributed by atoms with E-state index in [1.807, 2.05) is 5.38 Å². The number of hydrogen-bond acceptors (Lipinski definition) is 6. The van der Waals surface area contributed by atoms with Crippen LogP contribution in [0.25, 0.3) is 0 Å². The topological polar surface area (TPSA) is 74.4 Å². The van der Waals surface area contributed by atoms with Crippen molar-refractivity contribution in [2.24, 2.45) is 17.6 Å². The normalized spacial score (nSPS) is 11.5. The summed E-state index contributed by atoms with van der Waals surface area (Å²) in [5.41, 5.74) is 6.45. The highest BCUT2D eigenvalue weighted by Crippen LogP contribution is 2.16. The standard InChI is InChI=1S/C14H24N2O3S.2ClH/c1-10(2)4-11(6-15)5-14(17)19-7-12-9-20-13(16-12)8-18-3;;/h9-11H,4-8,15H2,1-3H3;2*1H/t11-;;/m0../s1. The summed E-state index contributed by atoms with van der Waals surface area (Å²) in [6.45, 7) is 5.48. The van der Waals surface area contributed by atoms with Gasteiger partial charge < -0.3 is 15.2 Å². The SMILES string of the molecule is COCc1nc(COC(=O)C[C@@H](CN)CC(C)C)cs1.Cl.Cl. The number of esters is 1. The lowest BCUT2D eigenvalue weighted by Crippen LogP contribution is -2.21. The van der Waals surface area contributed by atoms with Gasteiger partial charge in [0.1, 0.15) is 11.6 Å². The zero-order valence-corrected chi connectivity index (χ0v) is 15.7. The van der Waals surface area contributed by atoms with Gasteiger partial charge in [-0.05, 0) is 24.8 Å². The number of hydrogen-bond donors (Lipinski definition) is 1. The largest absolute Gasteiger partial charge is 0.459 e. The van der Waals surface area contributed by atoms with Crippen molar-refractivity contribution in [2.75, 3.05) is 13.7 Å². The van der Waals surface area contributed by atoms with Gasteiger partial charge in [-0.25, -0.2) is 4.98 Å². The molecule has 1 aromatic heterocycles. The smallest absolute Gasteiger partial charge is 0.306 e. The Kier molecular flexibility index (Phi) is 14.2. The summed E-state index contributed by atoms with van der Waals surface area (Å²) >= 11 is 1.51. The van der Waals surface area contributed by atoms with Gasteiger partial charge in [-0.15, -0.1) is 36.2 Å². The summed E-state index contributed by atoms with van der Waals surface area (Å²) in [4.78, 5) is 16.1. The van der Waals surface area contributed by atoms with E-state index in [0.29, 0.717) is 25.5 Å². The van der Waals surface area contributed by atoms with E-state index in [-0.39, 0.29) is 43.3 Å². The second kappa shape index (κ2) is 13.1. The third-order valence-electron chi connectivity index (χ3n) is 2.84.